The molecule has 1 saturated carbocycles. The summed E-state index contributed by atoms with van der Waals surface area (Å²) in [5, 5.41) is 0. The Morgan fingerprint density at radius 2 is 2.06 bits per heavy atom. The molecule has 0 saturated heterocycles. The first-order valence-electron chi connectivity index (χ1n) is 7.13. The van der Waals surface area contributed by atoms with Gasteiger partial charge in [-0.25, -0.2) is 0 Å². The molecule has 92 valence electrons. The molecule has 0 nitrogen and oxygen atoms in total. The first-order chi connectivity index (χ1) is 7.79. The van der Waals surface area contributed by atoms with Crippen molar-refractivity contribution in [1.29, 1.82) is 0 Å². The Bertz CT molecular complexity index is 224. The highest BCUT2D eigenvalue weighted by Crippen LogP contribution is 2.39. The molecule has 0 aromatic carbocycles. The van der Waals surface area contributed by atoms with Crippen LogP contribution in [0.25, 0.3) is 0 Å². The number of hydrogen-bond donors (Lipinski definition) is 0. The van der Waals surface area contributed by atoms with Crippen molar-refractivity contribution in [3.05, 3.63) is 24.3 Å². The molecule has 1 aliphatic carbocycles. The molecule has 1 rings (SSSR count). The summed E-state index contributed by atoms with van der Waals surface area (Å²) in [5.41, 5.74) is 1.50. The second kappa shape index (κ2) is 7.70. The van der Waals surface area contributed by atoms with E-state index in [4.69, 9.17) is 0 Å². The fourth-order valence-electron chi connectivity index (χ4n) is 2.78. The van der Waals surface area contributed by atoms with Crippen LogP contribution < -0.4 is 0 Å². The van der Waals surface area contributed by atoms with Gasteiger partial charge in [0, 0.05) is 0 Å². The molecular weight excluding hydrogens is 192 g/mol. The van der Waals surface area contributed by atoms with E-state index in [0.717, 1.165) is 11.8 Å². The van der Waals surface area contributed by atoms with Crippen LogP contribution in [-0.2, 0) is 0 Å². The molecule has 2 atom stereocenters. The van der Waals surface area contributed by atoms with Gasteiger partial charge in [-0.3, -0.25) is 0 Å². The van der Waals surface area contributed by atoms with Crippen molar-refractivity contribution < 1.29 is 0 Å². The number of hydrogen-bond acceptors (Lipinski definition) is 0. The third kappa shape index (κ3) is 4.15. The zero-order valence-electron chi connectivity index (χ0n) is 11.2. The molecule has 0 N–H and O–H groups in total. The topological polar surface area (TPSA) is 0 Å². The predicted molar refractivity (Wildman–Crippen MR) is 73.5 cm³/mol. The van der Waals surface area contributed by atoms with Crippen molar-refractivity contribution >= 4 is 0 Å². The van der Waals surface area contributed by atoms with Gasteiger partial charge in [-0.2, -0.15) is 0 Å². The van der Waals surface area contributed by atoms with Gasteiger partial charge in [0.05, 0.1) is 0 Å². The fourth-order valence-corrected chi connectivity index (χ4v) is 2.78. The maximum Gasteiger partial charge on any atom is -0.0143 e. The second-order valence-electron chi connectivity index (χ2n) is 5.18. The number of allylic oxidation sites excluding steroid dienone is 3. The lowest BCUT2D eigenvalue weighted by Gasteiger charge is -2.16. The van der Waals surface area contributed by atoms with Crippen molar-refractivity contribution in [3.63, 3.8) is 0 Å². The van der Waals surface area contributed by atoms with E-state index < -0.39 is 0 Å². The molecule has 1 aliphatic rings. The number of rotatable bonds is 7. The predicted octanol–water partition coefficient (Wildman–Crippen LogP) is 5.51. The highest BCUT2D eigenvalue weighted by Gasteiger charge is 2.27. The average molecular weight is 220 g/mol. The molecule has 0 amide bonds. The molecule has 0 aliphatic heterocycles. The van der Waals surface area contributed by atoms with Crippen molar-refractivity contribution in [2.75, 3.05) is 0 Å². The largest absolute Gasteiger partial charge is 0.0996 e. The third-order valence-electron chi connectivity index (χ3n) is 3.80. The van der Waals surface area contributed by atoms with Gasteiger partial charge in [0.2, 0.25) is 0 Å². The summed E-state index contributed by atoms with van der Waals surface area (Å²) in [4.78, 5) is 0. The minimum absolute atomic E-state index is 0.785. The van der Waals surface area contributed by atoms with Crippen LogP contribution in [0.1, 0.15) is 65.2 Å². The van der Waals surface area contributed by atoms with Gasteiger partial charge in [0.15, 0.2) is 0 Å². The van der Waals surface area contributed by atoms with Crippen LogP contribution in [0.3, 0.4) is 0 Å². The summed E-state index contributed by atoms with van der Waals surface area (Å²) in [6, 6.07) is 0. The second-order valence-corrected chi connectivity index (χ2v) is 5.18. The summed E-state index contributed by atoms with van der Waals surface area (Å²) < 4.78 is 0. The zero-order chi connectivity index (χ0) is 11.8. The molecule has 1 fully saturated rings. The summed E-state index contributed by atoms with van der Waals surface area (Å²) in [5.74, 6) is 1.58. The Hall–Kier alpha value is -0.520. The van der Waals surface area contributed by atoms with Crippen LogP contribution in [0.2, 0.25) is 0 Å². The molecule has 0 aromatic heterocycles. The minimum Gasteiger partial charge on any atom is -0.0996 e. The SMILES string of the molecule is C=C1CCC(C=CCCCCC)[C@H]1CCC. The monoisotopic (exact) mass is 220 g/mol. The summed E-state index contributed by atoms with van der Waals surface area (Å²) >= 11 is 0. The standard InChI is InChI=1S/C16H28/c1-4-6-7-8-9-11-15-13-12-14(3)16(15)10-5-2/h9,11,15-16H,3-8,10,12-13H2,1-2H3/t15?,16-/m0/s1. The summed E-state index contributed by atoms with van der Waals surface area (Å²) in [6.07, 6.45) is 15.5. The molecule has 16 heavy (non-hydrogen) atoms. The Labute approximate surface area is 102 Å². The molecular formula is C16H28. The van der Waals surface area contributed by atoms with E-state index in [-0.39, 0.29) is 0 Å². The van der Waals surface area contributed by atoms with Crippen LogP contribution in [-0.4, -0.2) is 0 Å². The maximum atomic E-state index is 4.23. The lowest BCUT2D eigenvalue weighted by atomic mass is 9.89. The lowest BCUT2D eigenvalue weighted by Crippen LogP contribution is -2.05. The minimum atomic E-state index is 0.785. The smallest absolute Gasteiger partial charge is 0.0143 e. The Morgan fingerprint density at radius 3 is 2.75 bits per heavy atom. The highest BCUT2D eigenvalue weighted by atomic mass is 14.3. The third-order valence-corrected chi connectivity index (χ3v) is 3.80. The quantitative estimate of drug-likeness (QED) is 0.392. The van der Waals surface area contributed by atoms with E-state index in [1.807, 2.05) is 0 Å². The highest BCUT2D eigenvalue weighted by molar-refractivity contribution is 5.13. The molecule has 0 aromatic rings. The van der Waals surface area contributed by atoms with Gasteiger partial charge in [0.1, 0.15) is 0 Å². The van der Waals surface area contributed by atoms with Crippen molar-refractivity contribution in [2.45, 2.75) is 65.2 Å². The Balaban J connectivity index is 2.31. The van der Waals surface area contributed by atoms with Crippen LogP contribution in [0.4, 0.5) is 0 Å². The van der Waals surface area contributed by atoms with Crippen LogP contribution in [0, 0.1) is 11.8 Å². The van der Waals surface area contributed by atoms with E-state index in [1.54, 1.807) is 0 Å². The maximum absolute atomic E-state index is 4.23. The molecule has 0 heterocycles. The molecule has 0 heteroatoms. The summed E-state index contributed by atoms with van der Waals surface area (Å²) in [6.45, 7) is 8.78. The van der Waals surface area contributed by atoms with Crippen molar-refractivity contribution in [3.8, 4) is 0 Å². The van der Waals surface area contributed by atoms with Gasteiger partial charge in [-0.15, -0.1) is 0 Å². The lowest BCUT2D eigenvalue weighted by molar-refractivity contribution is 0.468. The van der Waals surface area contributed by atoms with E-state index >= 15 is 0 Å². The fraction of sp³-hybridized carbons (Fsp3) is 0.750. The van der Waals surface area contributed by atoms with Gasteiger partial charge in [0.25, 0.3) is 0 Å². The number of unbranched alkanes of at least 4 members (excludes halogenated alkanes) is 3. The van der Waals surface area contributed by atoms with Crippen LogP contribution >= 0.6 is 0 Å². The van der Waals surface area contributed by atoms with Gasteiger partial charge < -0.3 is 0 Å². The van der Waals surface area contributed by atoms with Crippen LogP contribution in [0.5, 0.6) is 0 Å². The molecule has 0 bridgehead atoms. The van der Waals surface area contributed by atoms with Gasteiger partial charge in [-0.05, 0) is 43.9 Å². The van der Waals surface area contributed by atoms with Crippen LogP contribution in [0.15, 0.2) is 24.3 Å². The molecule has 0 radical (unpaired) electrons. The first kappa shape index (κ1) is 13.5. The van der Waals surface area contributed by atoms with Gasteiger partial charge >= 0.3 is 0 Å². The normalized spacial score (nSPS) is 25.8. The van der Waals surface area contributed by atoms with Crippen molar-refractivity contribution in [2.24, 2.45) is 11.8 Å². The summed E-state index contributed by atoms with van der Waals surface area (Å²) in [7, 11) is 0. The van der Waals surface area contributed by atoms with E-state index in [0.29, 0.717) is 0 Å². The zero-order valence-corrected chi connectivity index (χ0v) is 11.2. The van der Waals surface area contributed by atoms with E-state index in [1.165, 1.54) is 56.9 Å². The Morgan fingerprint density at radius 1 is 1.25 bits per heavy atom. The van der Waals surface area contributed by atoms with Gasteiger partial charge in [-0.1, -0.05) is 57.4 Å². The molecule has 1 unspecified atom stereocenters. The first-order valence-corrected chi connectivity index (χ1v) is 7.13. The van der Waals surface area contributed by atoms with E-state index in [9.17, 15) is 0 Å². The molecule has 0 spiro atoms. The Kier molecular flexibility index (Phi) is 6.52. The van der Waals surface area contributed by atoms with E-state index in [2.05, 4.69) is 32.6 Å². The average Bonchev–Trinajstić information content (AvgIpc) is 2.62. The van der Waals surface area contributed by atoms with Crippen molar-refractivity contribution in [1.82, 2.24) is 0 Å².